The van der Waals surface area contributed by atoms with E-state index < -0.39 is 34.8 Å². The van der Waals surface area contributed by atoms with Crippen LogP contribution in [0.25, 0.3) is 0 Å². The molecule has 37 heavy (non-hydrogen) atoms. The first kappa shape index (κ1) is 24.7. The maximum Gasteiger partial charge on any atom is 0.271 e. The van der Waals surface area contributed by atoms with Crippen molar-refractivity contribution < 1.29 is 28.8 Å². The minimum absolute atomic E-state index is 0.138. The zero-order valence-corrected chi connectivity index (χ0v) is 21.5. The third-order valence-electron chi connectivity index (χ3n) is 6.33. The minimum atomic E-state index is -1.11. The average molecular weight is 568 g/mol. The van der Waals surface area contributed by atoms with Gasteiger partial charge in [-0.25, -0.2) is 9.96 Å². The highest BCUT2D eigenvalue weighted by molar-refractivity contribution is 9.10. The molecule has 5 rings (SSSR count). The summed E-state index contributed by atoms with van der Waals surface area (Å²) in [5.41, 5.74) is 1.30. The number of nitrogens with zero attached hydrogens (tertiary/aromatic N) is 3. The quantitative estimate of drug-likeness (QED) is 0.227. The molecule has 3 aromatic rings. The van der Waals surface area contributed by atoms with E-state index >= 15 is 0 Å². The summed E-state index contributed by atoms with van der Waals surface area (Å²) in [5.74, 6) is -0.613. The van der Waals surface area contributed by atoms with Gasteiger partial charge in [0.15, 0.2) is 6.10 Å². The maximum absolute atomic E-state index is 13.8. The monoisotopic (exact) mass is 567 g/mol. The summed E-state index contributed by atoms with van der Waals surface area (Å²) in [7, 11) is 1.54. The number of fused-ring (bicyclic) bond motifs is 1. The van der Waals surface area contributed by atoms with Crippen LogP contribution in [0.15, 0.2) is 71.2 Å². The molecule has 3 aromatic carbocycles. The Kier molecular flexibility index (Phi) is 6.57. The average Bonchev–Trinajstić information content (AvgIpc) is 3.40. The van der Waals surface area contributed by atoms with Crippen molar-refractivity contribution >= 4 is 44.8 Å². The van der Waals surface area contributed by atoms with Gasteiger partial charge in [0.1, 0.15) is 17.4 Å². The van der Waals surface area contributed by atoms with Crippen molar-refractivity contribution in [1.29, 1.82) is 0 Å². The van der Waals surface area contributed by atoms with E-state index in [1.54, 1.807) is 48.5 Å². The molecule has 2 aliphatic heterocycles. The lowest BCUT2D eigenvalue weighted by molar-refractivity contribution is -0.384. The molecular formula is C26H22BrN3O7. The van der Waals surface area contributed by atoms with Crippen LogP contribution in [-0.2, 0) is 14.4 Å². The maximum atomic E-state index is 13.8. The Morgan fingerprint density at radius 3 is 2.43 bits per heavy atom. The van der Waals surface area contributed by atoms with Crippen molar-refractivity contribution in [2.24, 2.45) is 5.92 Å². The predicted molar refractivity (Wildman–Crippen MR) is 137 cm³/mol. The van der Waals surface area contributed by atoms with Gasteiger partial charge >= 0.3 is 0 Å². The number of nitro groups is 1. The summed E-state index contributed by atoms with van der Waals surface area (Å²) in [4.78, 5) is 45.4. The first-order valence-electron chi connectivity index (χ1n) is 11.5. The number of halogens is 1. The van der Waals surface area contributed by atoms with Crippen molar-refractivity contribution in [1.82, 2.24) is 0 Å². The number of amides is 2. The SMILES string of the molecule is CCOc1ccc(N2C(=O)[C@@H]3[C@H](ON(c4cccc([N+](=O)[O-])c4)[C@@H]3c3ccc(OC)c(Br)c3)C2=O)cc1. The van der Waals surface area contributed by atoms with Crippen LogP contribution in [0.3, 0.4) is 0 Å². The Morgan fingerprint density at radius 2 is 1.78 bits per heavy atom. The van der Waals surface area contributed by atoms with Crippen LogP contribution in [-0.4, -0.2) is 36.6 Å². The Morgan fingerprint density at radius 1 is 1.03 bits per heavy atom. The highest BCUT2D eigenvalue weighted by atomic mass is 79.9. The first-order valence-corrected chi connectivity index (χ1v) is 12.3. The van der Waals surface area contributed by atoms with Crippen LogP contribution < -0.4 is 19.4 Å². The van der Waals surface area contributed by atoms with E-state index in [0.717, 1.165) is 4.90 Å². The number of hydroxylamine groups is 1. The van der Waals surface area contributed by atoms with Crippen LogP contribution in [0.4, 0.5) is 17.1 Å². The zero-order chi connectivity index (χ0) is 26.3. The van der Waals surface area contributed by atoms with E-state index in [9.17, 15) is 19.7 Å². The summed E-state index contributed by atoms with van der Waals surface area (Å²) >= 11 is 3.48. The summed E-state index contributed by atoms with van der Waals surface area (Å²) < 4.78 is 11.4. The van der Waals surface area contributed by atoms with E-state index in [-0.39, 0.29) is 5.69 Å². The number of nitro benzene ring substituents is 1. The summed E-state index contributed by atoms with van der Waals surface area (Å²) in [6, 6.07) is 17.2. The molecule has 0 radical (unpaired) electrons. The van der Waals surface area contributed by atoms with Crippen LogP contribution in [0, 0.1) is 16.0 Å². The van der Waals surface area contributed by atoms with Crippen molar-refractivity contribution in [2.45, 2.75) is 19.1 Å². The highest BCUT2D eigenvalue weighted by Crippen LogP contribution is 2.48. The molecule has 0 unspecified atom stereocenters. The third kappa shape index (κ3) is 4.30. The second-order valence-electron chi connectivity index (χ2n) is 8.43. The van der Waals surface area contributed by atoms with Crippen molar-refractivity contribution in [3.63, 3.8) is 0 Å². The minimum Gasteiger partial charge on any atom is -0.496 e. The molecule has 2 saturated heterocycles. The van der Waals surface area contributed by atoms with E-state index in [1.165, 1.54) is 30.4 Å². The smallest absolute Gasteiger partial charge is 0.271 e. The molecule has 0 spiro atoms. The Labute approximate surface area is 220 Å². The van der Waals surface area contributed by atoms with Crippen molar-refractivity contribution in [2.75, 3.05) is 23.7 Å². The van der Waals surface area contributed by atoms with E-state index in [0.29, 0.717) is 39.5 Å². The fourth-order valence-electron chi connectivity index (χ4n) is 4.70. The summed E-state index contributed by atoms with van der Waals surface area (Å²) in [5, 5.41) is 12.8. The molecule has 0 aliphatic carbocycles. The Balaban J connectivity index is 1.57. The first-order chi connectivity index (χ1) is 17.8. The van der Waals surface area contributed by atoms with Crippen molar-refractivity contribution in [3.05, 3.63) is 86.9 Å². The standard InChI is InChI=1S/C26H22BrN3O7/c1-3-36-19-10-8-16(9-11-19)28-25(31)22-23(15-7-12-21(35-2)20(27)13-15)29(37-24(22)26(28)32)17-5-4-6-18(14-17)30(33)34/h4-14,22-24H,3H2,1-2H3/t22-,23+,24-/m0/s1. The second-order valence-corrected chi connectivity index (χ2v) is 9.29. The van der Waals surface area contributed by atoms with Gasteiger partial charge in [0, 0.05) is 12.1 Å². The molecule has 10 nitrogen and oxygen atoms in total. The third-order valence-corrected chi connectivity index (χ3v) is 6.95. The topological polar surface area (TPSA) is 111 Å². The normalized spacial score (nSPS) is 20.8. The van der Waals surface area contributed by atoms with Gasteiger partial charge in [-0.3, -0.25) is 24.5 Å². The van der Waals surface area contributed by atoms with Gasteiger partial charge < -0.3 is 9.47 Å². The van der Waals surface area contributed by atoms with Crippen LogP contribution in [0.1, 0.15) is 18.5 Å². The van der Waals surface area contributed by atoms with Crippen molar-refractivity contribution in [3.8, 4) is 11.5 Å². The molecule has 0 saturated carbocycles. The molecule has 0 aromatic heterocycles. The Hall–Kier alpha value is -3.96. The number of carbonyl (C=O) groups is 2. The number of hydrogen-bond acceptors (Lipinski definition) is 8. The fourth-order valence-corrected chi connectivity index (χ4v) is 5.26. The lowest BCUT2D eigenvalue weighted by Gasteiger charge is -2.29. The lowest BCUT2D eigenvalue weighted by Crippen LogP contribution is -2.37. The van der Waals surface area contributed by atoms with Crippen LogP contribution in [0.2, 0.25) is 0 Å². The number of anilines is 2. The fraction of sp³-hybridized carbons (Fsp3) is 0.231. The molecule has 190 valence electrons. The highest BCUT2D eigenvalue weighted by Gasteiger charge is 2.60. The van der Waals surface area contributed by atoms with Gasteiger partial charge in [-0.15, -0.1) is 0 Å². The number of methoxy groups -OCH3 is 1. The largest absolute Gasteiger partial charge is 0.496 e. The number of rotatable bonds is 7. The van der Waals surface area contributed by atoms with E-state index in [1.807, 2.05) is 6.92 Å². The summed E-state index contributed by atoms with van der Waals surface area (Å²) in [6.07, 6.45) is -1.11. The second kappa shape index (κ2) is 9.83. The van der Waals surface area contributed by atoms with Crippen LogP contribution >= 0.6 is 15.9 Å². The summed E-state index contributed by atoms with van der Waals surface area (Å²) in [6.45, 7) is 2.36. The number of imide groups is 1. The number of non-ortho nitro benzene ring substituents is 1. The van der Waals surface area contributed by atoms with Gasteiger partial charge in [-0.2, -0.15) is 0 Å². The molecule has 2 aliphatic rings. The predicted octanol–water partition coefficient (Wildman–Crippen LogP) is 4.82. The van der Waals surface area contributed by atoms with Gasteiger partial charge in [-0.1, -0.05) is 12.1 Å². The molecule has 2 amide bonds. The molecular weight excluding hydrogens is 546 g/mol. The van der Waals surface area contributed by atoms with Gasteiger partial charge in [0.25, 0.3) is 11.6 Å². The molecule has 2 heterocycles. The lowest BCUT2D eigenvalue weighted by atomic mass is 9.90. The van der Waals surface area contributed by atoms with Gasteiger partial charge in [-0.05, 0) is 70.9 Å². The van der Waals surface area contributed by atoms with E-state index in [4.69, 9.17) is 14.3 Å². The van der Waals surface area contributed by atoms with Crippen LogP contribution in [0.5, 0.6) is 11.5 Å². The Bertz CT molecular complexity index is 1380. The number of carbonyl (C=O) groups excluding carboxylic acids is 2. The number of ether oxygens (including phenoxy) is 2. The van der Waals surface area contributed by atoms with E-state index in [2.05, 4.69) is 15.9 Å². The van der Waals surface area contributed by atoms with Gasteiger partial charge in [0.05, 0.1) is 40.5 Å². The number of hydrogen-bond donors (Lipinski definition) is 0. The zero-order valence-electron chi connectivity index (χ0n) is 19.9. The molecule has 0 N–H and O–H groups in total. The molecule has 3 atom stereocenters. The molecule has 11 heteroatoms. The molecule has 0 bridgehead atoms. The number of benzene rings is 3. The molecule has 2 fully saturated rings. The van der Waals surface area contributed by atoms with Gasteiger partial charge in [0.2, 0.25) is 5.91 Å².